The molecule has 0 spiro atoms. The summed E-state index contributed by atoms with van der Waals surface area (Å²) >= 11 is 3.70. The van der Waals surface area contributed by atoms with Crippen molar-refractivity contribution < 1.29 is 4.42 Å². The molecule has 3 aromatic heterocycles. The molecule has 0 saturated carbocycles. The number of hydrogen-bond acceptors (Lipinski definition) is 4. The van der Waals surface area contributed by atoms with Crippen molar-refractivity contribution in [3.8, 4) is 16.8 Å². The van der Waals surface area contributed by atoms with Crippen LogP contribution < -0.4 is 16.2 Å². The summed E-state index contributed by atoms with van der Waals surface area (Å²) < 4.78 is 11.7. The summed E-state index contributed by atoms with van der Waals surface area (Å²) in [5.41, 5.74) is 17.5. The fraction of sp³-hybridized carbons (Fsp3) is 0.0714. The van der Waals surface area contributed by atoms with Crippen LogP contribution in [0.1, 0.15) is 37.5 Å². The second kappa shape index (κ2) is 13.1. The van der Waals surface area contributed by atoms with Gasteiger partial charge in [0.1, 0.15) is 11.2 Å². The molecule has 0 bridgehead atoms. The van der Waals surface area contributed by atoms with Crippen molar-refractivity contribution in [1.29, 1.82) is 0 Å². The monoisotopic (exact) mass is 830 g/mol. The first-order chi connectivity index (χ1) is 30.2. The second-order valence-corrected chi connectivity index (χ2v) is 20.1. The van der Waals surface area contributed by atoms with Crippen LogP contribution >= 0.6 is 23.1 Å². The average Bonchev–Trinajstić information content (AvgIpc) is 3.94. The first-order valence-corrected chi connectivity index (χ1v) is 22.9. The Hall–Kier alpha value is -6.73. The number of thiophene rings is 1. The zero-order valence-electron chi connectivity index (χ0n) is 34.6. The Labute approximate surface area is 368 Å². The van der Waals surface area contributed by atoms with E-state index in [1.54, 1.807) is 0 Å². The number of fused-ring (bicyclic) bond motifs is 12. The van der Waals surface area contributed by atoms with Crippen LogP contribution in [-0.4, -0.2) is 11.8 Å². The number of anilines is 2. The van der Waals surface area contributed by atoms with Gasteiger partial charge in [-0.2, -0.15) is 0 Å². The van der Waals surface area contributed by atoms with Gasteiger partial charge in [0.25, 0.3) is 0 Å². The third-order valence-electron chi connectivity index (χ3n) is 13.1. The Morgan fingerprint density at radius 2 is 1.42 bits per heavy atom. The van der Waals surface area contributed by atoms with E-state index in [0.717, 1.165) is 51.7 Å². The number of para-hydroxylation sites is 1. The third-order valence-corrected chi connectivity index (χ3v) is 15.4. The summed E-state index contributed by atoms with van der Waals surface area (Å²) in [4.78, 5) is 2.45. The van der Waals surface area contributed by atoms with Crippen molar-refractivity contribution in [2.75, 3.05) is 5.32 Å². The highest BCUT2D eigenvalue weighted by molar-refractivity contribution is 8.08. The number of furan rings is 1. The molecule has 0 saturated heterocycles. The minimum absolute atomic E-state index is 0.0763. The number of rotatable bonds is 4. The van der Waals surface area contributed by atoms with Gasteiger partial charge in [-0.1, -0.05) is 142 Å². The molecular weight excluding hydrogens is 792 g/mol. The minimum atomic E-state index is 0.0763. The third kappa shape index (κ3) is 5.39. The fourth-order valence-corrected chi connectivity index (χ4v) is 12.3. The molecule has 0 unspecified atom stereocenters. The van der Waals surface area contributed by atoms with Crippen LogP contribution in [0.2, 0.25) is 0 Å². The lowest BCUT2D eigenvalue weighted by atomic mass is 9.58. The number of aromatic nitrogens is 1. The van der Waals surface area contributed by atoms with E-state index in [4.69, 9.17) is 4.42 Å². The molecule has 0 aliphatic carbocycles. The molecule has 0 atom stereocenters. The van der Waals surface area contributed by atoms with Gasteiger partial charge in [0, 0.05) is 85.7 Å². The predicted molar refractivity (Wildman–Crippen MR) is 271 cm³/mol. The summed E-state index contributed by atoms with van der Waals surface area (Å²) in [5.74, 6) is 0. The Bertz CT molecular complexity index is 3770. The van der Waals surface area contributed by atoms with E-state index in [0.29, 0.717) is 0 Å². The van der Waals surface area contributed by atoms with E-state index < -0.39 is 0 Å². The van der Waals surface area contributed by atoms with Crippen molar-refractivity contribution in [2.24, 2.45) is 0 Å². The van der Waals surface area contributed by atoms with Crippen LogP contribution in [0.25, 0.3) is 91.2 Å². The lowest BCUT2D eigenvalue weighted by Crippen LogP contribution is -2.37. The molecule has 2 aliphatic rings. The summed E-state index contributed by atoms with van der Waals surface area (Å²) in [7, 11) is 0.792. The molecule has 62 heavy (non-hydrogen) atoms. The molecule has 2 aliphatic heterocycles. The van der Waals surface area contributed by atoms with Crippen LogP contribution in [0.3, 0.4) is 0 Å². The number of allylic oxidation sites excluding steroid dienone is 2. The van der Waals surface area contributed by atoms with Crippen molar-refractivity contribution in [2.45, 2.75) is 31.1 Å². The van der Waals surface area contributed by atoms with E-state index in [9.17, 15) is 0 Å². The maximum absolute atomic E-state index is 6.58. The van der Waals surface area contributed by atoms with E-state index >= 15 is 0 Å². The summed E-state index contributed by atoms with van der Waals surface area (Å²) in [6.45, 7) is 11.4. The van der Waals surface area contributed by atoms with E-state index in [1.807, 2.05) is 23.1 Å². The van der Waals surface area contributed by atoms with Gasteiger partial charge < -0.3 is 14.3 Å². The van der Waals surface area contributed by atoms with Crippen LogP contribution in [0, 0.1) is 0 Å². The lowest BCUT2D eigenvalue weighted by Gasteiger charge is -2.27. The predicted octanol–water partition coefficient (Wildman–Crippen LogP) is 14.6. The van der Waals surface area contributed by atoms with Gasteiger partial charge in [-0.3, -0.25) is 0 Å². The molecule has 5 heterocycles. The van der Waals surface area contributed by atoms with Gasteiger partial charge in [0.05, 0.1) is 5.52 Å². The quantitative estimate of drug-likeness (QED) is 0.179. The Morgan fingerprint density at radius 3 is 2.26 bits per heavy atom. The Morgan fingerprint density at radius 1 is 0.629 bits per heavy atom. The lowest BCUT2D eigenvalue weighted by molar-refractivity contribution is 0.590. The van der Waals surface area contributed by atoms with Crippen LogP contribution in [0.5, 0.6) is 0 Å². The minimum Gasteiger partial charge on any atom is -0.456 e. The maximum Gasteiger partial charge on any atom is 0.198 e. The molecule has 294 valence electrons. The molecule has 13 rings (SSSR count). The summed E-state index contributed by atoms with van der Waals surface area (Å²) in [6, 6.07) is 55.9. The highest BCUT2D eigenvalue weighted by atomic mass is 32.2. The Balaban J connectivity index is 1.08. The number of hydrogen-bond donors (Lipinski definition) is 1. The zero-order valence-corrected chi connectivity index (χ0v) is 36.2. The molecule has 0 fully saturated rings. The molecule has 0 radical (unpaired) electrons. The molecule has 8 aromatic carbocycles. The van der Waals surface area contributed by atoms with Crippen molar-refractivity contribution in [3.63, 3.8) is 0 Å². The van der Waals surface area contributed by atoms with E-state index in [-0.39, 0.29) is 5.41 Å². The smallest absolute Gasteiger partial charge is 0.198 e. The highest BCUT2D eigenvalue weighted by Gasteiger charge is 2.30. The normalized spacial score (nSPS) is 13.6. The van der Waals surface area contributed by atoms with Gasteiger partial charge in [-0.15, -0.1) is 11.3 Å². The summed E-state index contributed by atoms with van der Waals surface area (Å²) in [6.07, 6.45) is 2.25. The fourth-order valence-electron chi connectivity index (χ4n) is 10.00. The first kappa shape index (κ1) is 36.0. The number of benzene rings is 8. The van der Waals surface area contributed by atoms with Crippen molar-refractivity contribution >= 4 is 127 Å². The zero-order chi connectivity index (χ0) is 41.4. The molecule has 6 heteroatoms. The second-order valence-electron chi connectivity index (χ2n) is 17.9. The van der Waals surface area contributed by atoms with Gasteiger partial charge >= 0.3 is 0 Å². The molecule has 11 aromatic rings. The van der Waals surface area contributed by atoms with Crippen LogP contribution in [0.4, 0.5) is 11.4 Å². The SMILES string of the molecule is C=C1C=C(c2ccccc2)Sc2cc3c(cc21)Bc1c(-c2cc4c(cc2Nc2ccc(C(C)(C)C)cc2)sc2ccccc24)ccc2c4cc5c(cc4n-3c12)oc1ccccc15. The molecule has 1 N–H and O–H groups in total. The van der Waals surface area contributed by atoms with Gasteiger partial charge in [-0.25, -0.2) is 0 Å². The maximum atomic E-state index is 6.58. The van der Waals surface area contributed by atoms with Gasteiger partial charge in [0.2, 0.25) is 0 Å². The Kier molecular flexibility index (Phi) is 7.62. The van der Waals surface area contributed by atoms with Gasteiger partial charge in [-0.05, 0) is 93.3 Å². The van der Waals surface area contributed by atoms with E-state index in [1.165, 1.54) is 90.7 Å². The average molecular weight is 831 g/mol. The highest BCUT2D eigenvalue weighted by Crippen LogP contribution is 2.47. The van der Waals surface area contributed by atoms with Crippen molar-refractivity contribution in [3.05, 3.63) is 181 Å². The van der Waals surface area contributed by atoms with Gasteiger partial charge in [0.15, 0.2) is 7.28 Å². The van der Waals surface area contributed by atoms with Crippen LogP contribution in [-0.2, 0) is 5.41 Å². The number of nitrogens with one attached hydrogen (secondary N) is 1. The topological polar surface area (TPSA) is 30.1 Å². The first-order valence-electron chi connectivity index (χ1n) is 21.3. The van der Waals surface area contributed by atoms with E-state index in [2.05, 4.69) is 195 Å². The number of nitrogens with zero attached hydrogens (tertiary/aromatic N) is 1. The summed E-state index contributed by atoms with van der Waals surface area (Å²) in [5, 5.41) is 11.3. The molecule has 3 nitrogen and oxygen atoms in total. The standard InChI is InChI=1S/C56H39BN2OS2/c1-31-24-51(32-12-6-5-7-13-32)62-53-30-47-44(27-39(31)53)57-54-37(22-23-38-41-26-42-35-14-8-10-16-48(35)60-49(42)29-46(41)59(47)55(38)54)40-25-43-36-15-9-11-17-50(36)61-52(43)28-45(40)58-34-20-18-33(19-21-34)56(2,3)4/h5-30,57-58H,1H2,2-4H3. The van der Waals surface area contributed by atoms with Crippen LogP contribution in [0.15, 0.2) is 174 Å². The number of thioether (sulfide) groups is 1. The molecule has 0 amide bonds. The molecular formula is C56H39BN2OS2. The van der Waals surface area contributed by atoms with Crippen molar-refractivity contribution in [1.82, 2.24) is 4.57 Å². The largest absolute Gasteiger partial charge is 0.456 e.